The Labute approximate surface area is 126 Å². The number of hydrogen-bond acceptors (Lipinski definition) is 3. The molecule has 4 heteroatoms. The summed E-state index contributed by atoms with van der Waals surface area (Å²) in [5.74, 6) is -0.242. The summed E-state index contributed by atoms with van der Waals surface area (Å²) < 4.78 is 0. The molecule has 21 heavy (non-hydrogen) atoms. The maximum atomic E-state index is 12.5. The maximum Gasteiger partial charge on any atom is 0.254 e. The third kappa shape index (κ3) is 3.63. The minimum atomic E-state index is -1.22. The molecule has 0 bridgehead atoms. The molecule has 1 atom stereocenters. The highest BCUT2D eigenvalue weighted by Gasteiger charge is 2.41. The lowest BCUT2D eigenvalue weighted by Gasteiger charge is -2.31. The smallest absolute Gasteiger partial charge is 0.254 e. The first-order chi connectivity index (χ1) is 9.96. The second-order valence-electron chi connectivity index (χ2n) is 6.01. The van der Waals surface area contributed by atoms with E-state index in [1.165, 1.54) is 0 Å². The van der Waals surface area contributed by atoms with Crippen molar-refractivity contribution in [3.63, 3.8) is 0 Å². The third-order valence-electron chi connectivity index (χ3n) is 4.35. The van der Waals surface area contributed by atoms with Crippen LogP contribution in [0.1, 0.15) is 49.8 Å². The first kappa shape index (κ1) is 16.0. The number of likely N-dealkylation sites (N-methyl/N-ethyl adjacent to an activating group) is 1. The Morgan fingerprint density at radius 1 is 1.29 bits per heavy atom. The molecular weight excluding hydrogens is 266 g/mol. The monoisotopic (exact) mass is 291 g/mol. The van der Waals surface area contributed by atoms with E-state index >= 15 is 0 Å². The van der Waals surface area contributed by atoms with Gasteiger partial charge in [0.2, 0.25) is 0 Å². The fourth-order valence-electron chi connectivity index (χ4n) is 2.93. The number of nitrogens with zero attached hydrogens (tertiary/aromatic N) is 1. The SMILES string of the molecule is CCN(CC(O)c1ccc(C)cc1)C(=O)C1(O)CCCC1. The minimum Gasteiger partial charge on any atom is -0.387 e. The zero-order valence-corrected chi connectivity index (χ0v) is 12.9. The Morgan fingerprint density at radius 3 is 2.38 bits per heavy atom. The van der Waals surface area contributed by atoms with Crippen molar-refractivity contribution in [1.82, 2.24) is 4.90 Å². The number of carbonyl (C=O) groups is 1. The molecule has 2 N–H and O–H groups in total. The molecule has 0 heterocycles. The Kier molecular flexibility index (Phi) is 5.01. The van der Waals surface area contributed by atoms with E-state index in [4.69, 9.17) is 0 Å². The van der Waals surface area contributed by atoms with Crippen LogP contribution < -0.4 is 0 Å². The summed E-state index contributed by atoms with van der Waals surface area (Å²) in [6.07, 6.45) is 2.12. The normalized spacial score (nSPS) is 18.5. The zero-order valence-electron chi connectivity index (χ0n) is 12.9. The molecule has 0 radical (unpaired) electrons. The van der Waals surface area contributed by atoms with Gasteiger partial charge in [0.15, 0.2) is 0 Å². The Morgan fingerprint density at radius 2 is 1.86 bits per heavy atom. The van der Waals surface area contributed by atoms with Gasteiger partial charge in [-0.1, -0.05) is 29.8 Å². The maximum absolute atomic E-state index is 12.5. The van der Waals surface area contributed by atoms with Gasteiger partial charge < -0.3 is 15.1 Å². The molecule has 1 unspecified atom stereocenters. The lowest BCUT2D eigenvalue weighted by molar-refractivity contribution is -0.152. The van der Waals surface area contributed by atoms with Gasteiger partial charge in [-0.3, -0.25) is 4.79 Å². The molecule has 1 fully saturated rings. The van der Waals surface area contributed by atoms with Gasteiger partial charge in [0.05, 0.1) is 12.6 Å². The van der Waals surface area contributed by atoms with Crippen LogP contribution in [0, 0.1) is 6.92 Å². The van der Waals surface area contributed by atoms with E-state index in [9.17, 15) is 15.0 Å². The molecule has 1 aliphatic rings. The number of rotatable bonds is 5. The van der Waals surface area contributed by atoms with E-state index in [2.05, 4.69) is 0 Å². The average Bonchev–Trinajstić information content (AvgIpc) is 2.92. The highest BCUT2D eigenvalue weighted by atomic mass is 16.3. The van der Waals surface area contributed by atoms with E-state index in [0.717, 1.165) is 24.0 Å². The van der Waals surface area contributed by atoms with Gasteiger partial charge in [-0.2, -0.15) is 0 Å². The van der Waals surface area contributed by atoms with Gasteiger partial charge >= 0.3 is 0 Å². The number of amides is 1. The predicted octanol–water partition coefficient (Wildman–Crippen LogP) is 2.18. The summed E-state index contributed by atoms with van der Waals surface area (Å²) in [6.45, 7) is 4.58. The number of aliphatic hydroxyl groups is 2. The lowest BCUT2D eigenvalue weighted by atomic mass is 9.99. The molecule has 1 aliphatic carbocycles. The van der Waals surface area contributed by atoms with Crippen LogP contribution in [0.25, 0.3) is 0 Å². The fourth-order valence-corrected chi connectivity index (χ4v) is 2.93. The Bertz CT molecular complexity index is 477. The van der Waals surface area contributed by atoms with Crippen molar-refractivity contribution in [2.75, 3.05) is 13.1 Å². The standard InChI is InChI=1S/C17H25NO3/c1-3-18(16(20)17(21)10-4-5-11-17)12-15(19)14-8-6-13(2)7-9-14/h6-9,15,19,21H,3-5,10-12H2,1-2H3. The highest BCUT2D eigenvalue weighted by Crippen LogP contribution is 2.31. The molecule has 0 aromatic heterocycles. The van der Waals surface area contributed by atoms with Crippen LogP contribution in [-0.4, -0.2) is 39.7 Å². The molecule has 1 amide bonds. The van der Waals surface area contributed by atoms with Crippen molar-refractivity contribution in [3.8, 4) is 0 Å². The summed E-state index contributed by atoms with van der Waals surface area (Å²) in [7, 11) is 0. The highest BCUT2D eigenvalue weighted by molar-refractivity contribution is 5.85. The number of carbonyl (C=O) groups excluding carboxylic acids is 1. The van der Waals surface area contributed by atoms with Crippen molar-refractivity contribution in [2.45, 2.75) is 51.2 Å². The molecular formula is C17H25NO3. The largest absolute Gasteiger partial charge is 0.387 e. The van der Waals surface area contributed by atoms with Gasteiger partial charge in [0.25, 0.3) is 5.91 Å². The Hall–Kier alpha value is -1.39. The number of hydrogen-bond donors (Lipinski definition) is 2. The quantitative estimate of drug-likeness (QED) is 0.874. The topological polar surface area (TPSA) is 60.8 Å². The summed E-state index contributed by atoms with van der Waals surface area (Å²) in [5, 5.41) is 20.7. The van der Waals surface area contributed by atoms with Crippen LogP contribution in [0.15, 0.2) is 24.3 Å². The second kappa shape index (κ2) is 6.58. The molecule has 0 aliphatic heterocycles. The van der Waals surface area contributed by atoms with Crippen LogP contribution in [-0.2, 0) is 4.79 Å². The number of aliphatic hydroxyl groups excluding tert-OH is 1. The van der Waals surface area contributed by atoms with Crippen molar-refractivity contribution >= 4 is 5.91 Å². The molecule has 0 spiro atoms. The van der Waals surface area contributed by atoms with E-state index in [-0.39, 0.29) is 12.5 Å². The number of aryl methyl sites for hydroxylation is 1. The van der Waals surface area contributed by atoms with Gasteiger partial charge in [-0.05, 0) is 45.1 Å². The van der Waals surface area contributed by atoms with Gasteiger partial charge in [-0.25, -0.2) is 0 Å². The molecule has 1 saturated carbocycles. The van der Waals surface area contributed by atoms with E-state index in [1.54, 1.807) is 4.90 Å². The number of benzene rings is 1. The van der Waals surface area contributed by atoms with Crippen LogP contribution in [0.5, 0.6) is 0 Å². The first-order valence-corrected chi connectivity index (χ1v) is 7.72. The molecule has 2 rings (SSSR count). The third-order valence-corrected chi connectivity index (χ3v) is 4.35. The van der Waals surface area contributed by atoms with Crippen molar-refractivity contribution in [3.05, 3.63) is 35.4 Å². The average molecular weight is 291 g/mol. The minimum absolute atomic E-state index is 0.223. The van der Waals surface area contributed by atoms with Crippen molar-refractivity contribution in [1.29, 1.82) is 0 Å². The van der Waals surface area contributed by atoms with Crippen molar-refractivity contribution in [2.24, 2.45) is 0 Å². The molecule has 116 valence electrons. The zero-order chi connectivity index (χ0) is 15.5. The van der Waals surface area contributed by atoms with Gasteiger partial charge in [0.1, 0.15) is 5.60 Å². The summed E-state index contributed by atoms with van der Waals surface area (Å²) in [6, 6.07) is 7.65. The Balaban J connectivity index is 2.04. The summed E-state index contributed by atoms with van der Waals surface area (Å²) >= 11 is 0. The van der Waals surface area contributed by atoms with Gasteiger partial charge in [0, 0.05) is 6.54 Å². The van der Waals surface area contributed by atoms with Crippen LogP contribution >= 0.6 is 0 Å². The molecule has 1 aromatic carbocycles. The molecule has 4 nitrogen and oxygen atoms in total. The molecule has 1 aromatic rings. The lowest BCUT2D eigenvalue weighted by Crippen LogP contribution is -2.48. The summed E-state index contributed by atoms with van der Waals surface area (Å²) in [5.41, 5.74) is 0.711. The van der Waals surface area contributed by atoms with E-state index < -0.39 is 11.7 Å². The second-order valence-corrected chi connectivity index (χ2v) is 6.01. The fraction of sp³-hybridized carbons (Fsp3) is 0.588. The predicted molar refractivity (Wildman–Crippen MR) is 81.8 cm³/mol. The summed E-state index contributed by atoms with van der Waals surface area (Å²) in [4.78, 5) is 14.0. The van der Waals surface area contributed by atoms with Gasteiger partial charge in [-0.15, -0.1) is 0 Å². The first-order valence-electron chi connectivity index (χ1n) is 7.72. The molecule has 0 saturated heterocycles. The van der Waals surface area contributed by atoms with Crippen LogP contribution in [0.4, 0.5) is 0 Å². The van der Waals surface area contributed by atoms with E-state index in [1.807, 2.05) is 38.1 Å². The van der Waals surface area contributed by atoms with Crippen molar-refractivity contribution < 1.29 is 15.0 Å². The van der Waals surface area contributed by atoms with Crippen LogP contribution in [0.2, 0.25) is 0 Å². The van der Waals surface area contributed by atoms with E-state index in [0.29, 0.717) is 19.4 Å². The van der Waals surface area contributed by atoms with Crippen LogP contribution in [0.3, 0.4) is 0 Å².